The summed E-state index contributed by atoms with van der Waals surface area (Å²) in [5.74, 6) is 0.887. The highest BCUT2D eigenvalue weighted by Gasteiger charge is 2.36. The molecule has 2 aromatic rings. The standard InChI is InChI=1S/C20H20N2O4S2/c1-13(23)14-4-6-16(7-5-14)21-28(25,26)17-8-9-19-18(12-17)22(10-11-27-19)20(24)15-2-3-15/h4-9,12,15,21H,2-3,10-11H2,1H3. The normalized spacial score (nSPS) is 16.4. The van der Waals surface area contributed by atoms with Gasteiger partial charge < -0.3 is 4.90 Å². The number of ketones is 1. The van der Waals surface area contributed by atoms with Crippen molar-refractivity contribution in [2.75, 3.05) is 21.9 Å². The van der Waals surface area contributed by atoms with Gasteiger partial charge in [0.25, 0.3) is 10.0 Å². The van der Waals surface area contributed by atoms with Gasteiger partial charge in [-0.3, -0.25) is 14.3 Å². The van der Waals surface area contributed by atoms with Crippen LogP contribution in [-0.4, -0.2) is 32.4 Å². The van der Waals surface area contributed by atoms with Crippen molar-refractivity contribution in [3.05, 3.63) is 48.0 Å². The van der Waals surface area contributed by atoms with Gasteiger partial charge in [-0.25, -0.2) is 8.42 Å². The van der Waals surface area contributed by atoms with Crippen LogP contribution in [0.5, 0.6) is 0 Å². The second-order valence-electron chi connectivity index (χ2n) is 6.98. The first-order valence-corrected chi connectivity index (χ1v) is 11.5. The van der Waals surface area contributed by atoms with Crippen LogP contribution in [0.1, 0.15) is 30.1 Å². The number of amides is 1. The predicted octanol–water partition coefficient (Wildman–Crippen LogP) is 3.54. The molecule has 4 rings (SSSR count). The molecule has 146 valence electrons. The average Bonchev–Trinajstić information content (AvgIpc) is 3.52. The molecule has 1 N–H and O–H groups in total. The number of thioether (sulfide) groups is 1. The second kappa shape index (κ2) is 7.25. The van der Waals surface area contributed by atoms with E-state index >= 15 is 0 Å². The van der Waals surface area contributed by atoms with Crippen LogP contribution in [0.25, 0.3) is 0 Å². The molecule has 1 aliphatic heterocycles. The fourth-order valence-electron chi connectivity index (χ4n) is 3.13. The van der Waals surface area contributed by atoms with Crippen LogP contribution in [0, 0.1) is 5.92 Å². The molecule has 0 spiro atoms. The molecule has 1 saturated carbocycles. The minimum atomic E-state index is -3.82. The average molecular weight is 417 g/mol. The molecule has 0 saturated heterocycles. The summed E-state index contributed by atoms with van der Waals surface area (Å²) >= 11 is 1.63. The Kier molecular flexibility index (Phi) is 4.93. The molecule has 1 heterocycles. The number of hydrogen-bond acceptors (Lipinski definition) is 5. The number of benzene rings is 2. The lowest BCUT2D eigenvalue weighted by Gasteiger charge is -2.29. The van der Waals surface area contributed by atoms with Crippen molar-refractivity contribution >= 4 is 44.9 Å². The molecule has 0 atom stereocenters. The van der Waals surface area contributed by atoms with E-state index in [1.165, 1.54) is 6.92 Å². The zero-order valence-electron chi connectivity index (χ0n) is 15.3. The Bertz CT molecular complexity index is 1040. The Hall–Kier alpha value is -2.32. The SMILES string of the molecule is CC(=O)c1ccc(NS(=O)(=O)c2ccc3c(c2)N(C(=O)C2CC2)CCS3)cc1. The first kappa shape index (κ1) is 19.0. The van der Waals surface area contributed by atoms with E-state index in [1.54, 1.807) is 59.1 Å². The second-order valence-corrected chi connectivity index (χ2v) is 9.80. The van der Waals surface area contributed by atoms with E-state index < -0.39 is 10.0 Å². The van der Waals surface area contributed by atoms with Crippen LogP contribution in [0.4, 0.5) is 11.4 Å². The van der Waals surface area contributed by atoms with E-state index in [1.807, 2.05) is 0 Å². The van der Waals surface area contributed by atoms with Crippen molar-refractivity contribution < 1.29 is 18.0 Å². The Balaban J connectivity index is 1.62. The smallest absolute Gasteiger partial charge is 0.261 e. The lowest BCUT2D eigenvalue weighted by Crippen LogP contribution is -2.36. The third kappa shape index (κ3) is 3.79. The van der Waals surface area contributed by atoms with Gasteiger partial charge in [-0.05, 0) is 62.2 Å². The fourth-order valence-corrected chi connectivity index (χ4v) is 5.18. The minimum absolute atomic E-state index is 0.0779. The lowest BCUT2D eigenvalue weighted by molar-refractivity contribution is -0.119. The zero-order valence-corrected chi connectivity index (χ0v) is 17.0. The number of nitrogens with one attached hydrogen (secondary N) is 1. The summed E-state index contributed by atoms with van der Waals surface area (Å²) in [5, 5.41) is 0. The highest BCUT2D eigenvalue weighted by atomic mass is 32.2. The van der Waals surface area contributed by atoms with E-state index in [9.17, 15) is 18.0 Å². The van der Waals surface area contributed by atoms with Crippen molar-refractivity contribution in [2.24, 2.45) is 5.92 Å². The zero-order chi connectivity index (χ0) is 19.9. The summed E-state index contributed by atoms with van der Waals surface area (Å²) in [6.45, 7) is 2.05. The monoisotopic (exact) mass is 416 g/mol. The molecular formula is C20H20N2O4S2. The van der Waals surface area contributed by atoms with Crippen molar-refractivity contribution in [1.29, 1.82) is 0 Å². The molecule has 2 aliphatic rings. The lowest BCUT2D eigenvalue weighted by atomic mass is 10.1. The molecule has 0 unspecified atom stereocenters. The van der Waals surface area contributed by atoms with Crippen molar-refractivity contribution in [3.63, 3.8) is 0 Å². The van der Waals surface area contributed by atoms with Gasteiger partial charge in [0.15, 0.2) is 5.78 Å². The number of hydrogen-bond donors (Lipinski definition) is 1. The Morgan fingerprint density at radius 3 is 2.46 bits per heavy atom. The Morgan fingerprint density at radius 2 is 1.82 bits per heavy atom. The first-order valence-electron chi connectivity index (χ1n) is 9.07. The van der Waals surface area contributed by atoms with Crippen molar-refractivity contribution in [2.45, 2.75) is 29.6 Å². The number of carbonyl (C=O) groups is 2. The summed E-state index contributed by atoms with van der Waals surface area (Å²) < 4.78 is 28.2. The van der Waals surface area contributed by atoms with Gasteiger partial charge in [0, 0.05) is 34.4 Å². The van der Waals surface area contributed by atoms with E-state index in [2.05, 4.69) is 4.72 Å². The largest absolute Gasteiger partial charge is 0.310 e. The molecule has 6 nitrogen and oxygen atoms in total. The van der Waals surface area contributed by atoms with Gasteiger partial charge in [0.2, 0.25) is 5.91 Å². The Morgan fingerprint density at radius 1 is 1.11 bits per heavy atom. The summed E-state index contributed by atoms with van der Waals surface area (Å²) in [4.78, 5) is 26.7. The van der Waals surface area contributed by atoms with E-state index in [-0.39, 0.29) is 22.5 Å². The van der Waals surface area contributed by atoms with Gasteiger partial charge in [-0.2, -0.15) is 0 Å². The summed E-state index contributed by atoms with van der Waals surface area (Å²) in [6.07, 6.45) is 1.82. The first-order chi connectivity index (χ1) is 13.3. The van der Waals surface area contributed by atoms with Crippen molar-refractivity contribution in [1.82, 2.24) is 0 Å². The van der Waals surface area contributed by atoms with Crippen LogP contribution in [0.2, 0.25) is 0 Å². The maximum Gasteiger partial charge on any atom is 0.261 e. The molecule has 2 aromatic carbocycles. The van der Waals surface area contributed by atoms with Gasteiger partial charge in [0.1, 0.15) is 0 Å². The van der Waals surface area contributed by atoms with Crippen LogP contribution < -0.4 is 9.62 Å². The van der Waals surface area contributed by atoms with E-state index in [4.69, 9.17) is 0 Å². The maximum atomic E-state index is 12.8. The molecular weight excluding hydrogens is 396 g/mol. The quantitative estimate of drug-likeness (QED) is 0.754. The molecule has 0 aromatic heterocycles. The molecule has 1 aliphatic carbocycles. The predicted molar refractivity (Wildman–Crippen MR) is 109 cm³/mol. The van der Waals surface area contributed by atoms with Crippen molar-refractivity contribution in [3.8, 4) is 0 Å². The molecule has 1 amide bonds. The topological polar surface area (TPSA) is 83.6 Å². The summed E-state index contributed by atoms with van der Waals surface area (Å²) in [6, 6.07) is 11.2. The van der Waals surface area contributed by atoms with Gasteiger partial charge >= 0.3 is 0 Å². The third-order valence-corrected chi connectivity index (χ3v) is 7.26. The maximum absolute atomic E-state index is 12.8. The number of sulfonamides is 1. The fraction of sp³-hybridized carbons (Fsp3) is 0.300. The van der Waals surface area contributed by atoms with Crippen LogP contribution in [0.15, 0.2) is 52.3 Å². The molecule has 28 heavy (non-hydrogen) atoms. The molecule has 8 heteroatoms. The van der Waals surface area contributed by atoms with Gasteiger partial charge in [0.05, 0.1) is 10.6 Å². The van der Waals surface area contributed by atoms with E-state index in [0.717, 1.165) is 23.5 Å². The van der Waals surface area contributed by atoms with Crippen LogP contribution in [-0.2, 0) is 14.8 Å². The van der Waals surface area contributed by atoms with Gasteiger partial charge in [-0.1, -0.05) is 0 Å². The Labute approximate surface area is 168 Å². The summed E-state index contributed by atoms with van der Waals surface area (Å²) in [7, 11) is -3.82. The molecule has 1 fully saturated rings. The van der Waals surface area contributed by atoms with Crippen LogP contribution >= 0.6 is 11.8 Å². The van der Waals surface area contributed by atoms with Gasteiger partial charge in [-0.15, -0.1) is 11.8 Å². The van der Waals surface area contributed by atoms with Crippen LogP contribution in [0.3, 0.4) is 0 Å². The molecule has 0 bridgehead atoms. The minimum Gasteiger partial charge on any atom is -0.310 e. The highest BCUT2D eigenvalue weighted by molar-refractivity contribution is 7.99. The molecule has 0 radical (unpaired) electrons. The number of carbonyl (C=O) groups excluding carboxylic acids is 2. The number of rotatable bonds is 5. The highest BCUT2D eigenvalue weighted by Crippen LogP contribution is 2.40. The summed E-state index contributed by atoms with van der Waals surface area (Å²) in [5.41, 5.74) is 1.56. The number of Topliss-reactive ketones (excluding diaryl/α,β-unsaturated/α-hetero) is 1. The van der Waals surface area contributed by atoms with E-state index in [0.29, 0.717) is 23.5 Å². The number of fused-ring (bicyclic) bond motifs is 1. The number of anilines is 2. The third-order valence-electron chi connectivity index (χ3n) is 4.84. The number of nitrogens with zero attached hydrogens (tertiary/aromatic N) is 1.